The zero-order valence-corrected chi connectivity index (χ0v) is 10.6. The molecule has 0 unspecified atom stereocenters. The van der Waals surface area contributed by atoms with Crippen molar-refractivity contribution in [3.8, 4) is 0 Å². The van der Waals surface area contributed by atoms with Gasteiger partial charge in [0, 0.05) is 29.9 Å². The number of fused-ring (bicyclic) bond motifs is 1. The van der Waals surface area contributed by atoms with Gasteiger partial charge >= 0.3 is 0 Å². The maximum absolute atomic E-state index is 12.2. The lowest BCUT2D eigenvalue weighted by Crippen LogP contribution is -2.25. The van der Waals surface area contributed by atoms with Gasteiger partial charge in [-0.2, -0.15) is 0 Å². The lowest BCUT2D eigenvalue weighted by molar-refractivity contribution is 0.0950. The van der Waals surface area contributed by atoms with Crippen molar-refractivity contribution in [2.45, 2.75) is 19.4 Å². The minimum absolute atomic E-state index is 0.0262. The summed E-state index contributed by atoms with van der Waals surface area (Å²) < 4.78 is 4.98. The third-order valence-corrected chi connectivity index (χ3v) is 3.37. The second kappa shape index (κ2) is 5.18. The Morgan fingerprint density at radius 1 is 1.37 bits per heavy atom. The molecule has 0 saturated heterocycles. The molecule has 2 aromatic rings. The predicted molar refractivity (Wildman–Crippen MR) is 73.1 cm³/mol. The van der Waals surface area contributed by atoms with E-state index in [0.29, 0.717) is 6.54 Å². The zero-order valence-electron chi connectivity index (χ0n) is 10.6. The number of amides is 1. The molecule has 0 aliphatic carbocycles. The van der Waals surface area contributed by atoms with Crippen LogP contribution in [0.5, 0.6) is 0 Å². The number of hydrogen-bond donors (Lipinski definition) is 2. The van der Waals surface area contributed by atoms with Crippen LogP contribution in [-0.2, 0) is 13.0 Å². The average molecular weight is 256 g/mol. The van der Waals surface area contributed by atoms with Crippen LogP contribution < -0.4 is 10.6 Å². The Morgan fingerprint density at radius 3 is 3.16 bits per heavy atom. The summed E-state index contributed by atoms with van der Waals surface area (Å²) in [4.78, 5) is 12.2. The smallest absolute Gasteiger partial charge is 0.251 e. The molecule has 19 heavy (non-hydrogen) atoms. The first-order valence-electron chi connectivity index (χ1n) is 6.49. The molecular formula is C15H16N2O2. The highest BCUT2D eigenvalue weighted by Gasteiger charge is 2.16. The Morgan fingerprint density at radius 2 is 2.32 bits per heavy atom. The molecule has 0 fully saturated rings. The Kier molecular flexibility index (Phi) is 3.23. The number of anilines is 1. The van der Waals surface area contributed by atoms with Crippen molar-refractivity contribution < 1.29 is 9.21 Å². The Labute approximate surface area is 111 Å². The zero-order chi connectivity index (χ0) is 13.1. The standard InChI is InChI=1S/C15H16N2O2/c18-15(17-9-11-6-8-19-10-11)13-3-1-5-14-12(13)4-2-7-16-14/h1,3,5-6,8,10,16H,2,4,7,9H2,(H,17,18). The van der Waals surface area contributed by atoms with Crippen LogP contribution in [0.25, 0.3) is 0 Å². The van der Waals surface area contributed by atoms with E-state index in [-0.39, 0.29) is 5.91 Å². The van der Waals surface area contributed by atoms with E-state index in [1.807, 2.05) is 24.3 Å². The predicted octanol–water partition coefficient (Wildman–Crippen LogP) is 2.57. The minimum atomic E-state index is -0.0262. The fourth-order valence-corrected chi connectivity index (χ4v) is 2.39. The van der Waals surface area contributed by atoms with E-state index in [4.69, 9.17) is 4.42 Å². The number of carbonyl (C=O) groups is 1. The van der Waals surface area contributed by atoms with Crippen molar-refractivity contribution >= 4 is 11.6 Å². The molecule has 4 heteroatoms. The molecule has 2 heterocycles. The molecule has 0 saturated carbocycles. The Hall–Kier alpha value is -2.23. The summed E-state index contributed by atoms with van der Waals surface area (Å²) in [6.07, 6.45) is 5.27. The topological polar surface area (TPSA) is 54.3 Å². The number of hydrogen-bond acceptors (Lipinski definition) is 3. The van der Waals surface area contributed by atoms with Crippen LogP contribution in [0.4, 0.5) is 5.69 Å². The van der Waals surface area contributed by atoms with Crippen LogP contribution in [0.2, 0.25) is 0 Å². The van der Waals surface area contributed by atoms with Gasteiger partial charge in [-0.15, -0.1) is 0 Å². The van der Waals surface area contributed by atoms with Crippen LogP contribution in [-0.4, -0.2) is 12.5 Å². The van der Waals surface area contributed by atoms with Gasteiger partial charge < -0.3 is 15.1 Å². The molecule has 2 N–H and O–H groups in total. The van der Waals surface area contributed by atoms with Crippen LogP contribution in [0.15, 0.2) is 41.2 Å². The molecular weight excluding hydrogens is 240 g/mol. The molecule has 0 atom stereocenters. The third kappa shape index (κ3) is 2.47. The number of rotatable bonds is 3. The molecule has 1 aromatic carbocycles. The summed E-state index contributed by atoms with van der Waals surface area (Å²) in [6, 6.07) is 7.68. The van der Waals surface area contributed by atoms with Gasteiger partial charge in [0.05, 0.1) is 12.5 Å². The second-order valence-corrected chi connectivity index (χ2v) is 4.68. The van der Waals surface area contributed by atoms with Crippen LogP contribution in [0, 0.1) is 0 Å². The quantitative estimate of drug-likeness (QED) is 0.887. The largest absolute Gasteiger partial charge is 0.472 e. The van der Waals surface area contributed by atoms with Gasteiger partial charge in [0.15, 0.2) is 0 Å². The fraction of sp³-hybridized carbons (Fsp3) is 0.267. The fourth-order valence-electron chi connectivity index (χ4n) is 2.39. The number of carbonyl (C=O) groups excluding carboxylic acids is 1. The summed E-state index contributed by atoms with van der Waals surface area (Å²) in [5.74, 6) is -0.0262. The summed E-state index contributed by atoms with van der Waals surface area (Å²) in [5, 5.41) is 6.26. The SMILES string of the molecule is O=C(NCc1ccoc1)c1cccc2c1CCCN2. The van der Waals surface area contributed by atoms with E-state index >= 15 is 0 Å². The van der Waals surface area contributed by atoms with E-state index in [2.05, 4.69) is 10.6 Å². The molecule has 3 rings (SSSR count). The second-order valence-electron chi connectivity index (χ2n) is 4.68. The number of benzene rings is 1. The minimum Gasteiger partial charge on any atom is -0.472 e. The van der Waals surface area contributed by atoms with Crippen molar-refractivity contribution in [1.82, 2.24) is 5.32 Å². The number of nitrogens with one attached hydrogen (secondary N) is 2. The van der Waals surface area contributed by atoms with Crippen molar-refractivity contribution in [3.05, 3.63) is 53.5 Å². The molecule has 1 aromatic heterocycles. The van der Waals surface area contributed by atoms with E-state index in [0.717, 1.165) is 41.8 Å². The first kappa shape index (κ1) is 11.8. The van der Waals surface area contributed by atoms with E-state index in [1.54, 1.807) is 12.5 Å². The van der Waals surface area contributed by atoms with Gasteiger partial charge in [-0.25, -0.2) is 0 Å². The lowest BCUT2D eigenvalue weighted by Gasteiger charge is -2.20. The maximum Gasteiger partial charge on any atom is 0.251 e. The molecule has 4 nitrogen and oxygen atoms in total. The molecule has 1 amide bonds. The van der Waals surface area contributed by atoms with E-state index < -0.39 is 0 Å². The molecule has 1 aliphatic heterocycles. The number of furan rings is 1. The molecule has 1 aliphatic rings. The van der Waals surface area contributed by atoms with Crippen molar-refractivity contribution in [3.63, 3.8) is 0 Å². The van der Waals surface area contributed by atoms with Gasteiger partial charge in [-0.3, -0.25) is 4.79 Å². The Bertz CT molecular complexity index is 576. The molecule has 0 bridgehead atoms. The van der Waals surface area contributed by atoms with Crippen molar-refractivity contribution in [2.75, 3.05) is 11.9 Å². The summed E-state index contributed by atoms with van der Waals surface area (Å²) in [7, 11) is 0. The first-order valence-corrected chi connectivity index (χ1v) is 6.49. The van der Waals surface area contributed by atoms with Crippen molar-refractivity contribution in [1.29, 1.82) is 0 Å². The summed E-state index contributed by atoms with van der Waals surface area (Å²) in [5.41, 5.74) is 3.95. The first-order chi connectivity index (χ1) is 9.34. The van der Waals surface area contributed by atoms with Crippen LogP contribution in [0.3, 0.4) is 0 Å². The lowest BCUT2D eigenvalue weighted by atomic mass is 9.97. The van der Waals surface area contributed by atoms with Gasteiger partial charge in [0.1, 0.15) is 0 Å². The van der Waals surface area contributed by atoms with Crippen molar-refractivity contribution in [2.24, 2.45) is 0 Å². The maximum atomic E-state index is 12.2. The molecule has 98 valence electrons. The van der Waals surface area contributed by atoms with Crippen LogP contribution >= 0.6 is 0 Å². The van der Waals surface area contributed by atoms with Gasteiger partial charge in [0.25, 0.3) is 5.91 Å². The van der Waals surface area contributed by atoms with Crippen LogP contribution in [0.1, 0.15) is 27.9 Å². The van der Waals surface area contributed by atoms with E-state index in [9.17, 15) is 4.79 Å². The van der Waals surface area contributed by atoms with Gasteiger partial charge in [-0.05, 0) is 36.6 Å². The Balaban J connectivity index is 1.76. The monoisotopic (exact) mass is 256 g/mol. The average Bonchev–Trinajstić information content (AvgIpc) is 2.97. The summed E-state index contributed by atoms with van der Waals surface area (Å²) in [6.45, 7) is 1.47. The van der Waals surface area contributed by atoms with E-state index in [1.165, 1.54) is 0 Å². The van der Waals surface area contributed by atoms with Gasteiger partial charge in [0.2, 0.25) is 0 Å². The summed E-state index contributed by atoms with van der Waals surface area (Å²) >= 11 is 0. The third-order valence-electron chi connectivity index (χ3n) is 3.37. The van der Waals surface area contributed by atoms with Gasteiger partial charge in [-0.1, -0.05) is 6.07 Å². The normalized spacial score (nSPS) is 13.5. The highest BCUT2D eigenvalue weighted by Crippen LogP contribution is 2.25. The molecule has 0 spiro atoms. The molecule has 0 radical (unpaired) electrons. The highest BCUT2D eigenvalue weighted by atomic mass is 16.3. The highest BCUT2D eigenvalue weighted by molar-refractivity contribution is 5.97.